The second kappa shape index (κ2) is 6.60. The second-order valence-corrected chi connectivity index (χ2v) is 9.24. The molecule has 0 spiro atoms. The lowest BCUT2D eigenvalue weighted by Crippen LogP contribution is -2.54. The van der Waals surface area contributed by atoms with Crippen molar-refractivity contribution in [2.45, 2.75) is 31.7 Å². The fourth-order valence-corrected chi connectivity index (χ4v) is 5.92. The van der Waals surface area contributed by atoms with Crippen molar-refractivity contribution in [3.8, 4) is 0 Å². The normalized spacial score (nSPS) is 28.6. The maximum atomic E-state index is 13.3. The highest BCUT2D eigenvalue weighted by Crippen LogP contribution is 2.46. The molecule has 1 amide bonds. The molecule has 5 rings (SSSR count). The number of piperidine rings is 1. The molecule has 2 aromatic rings. The number of fused-ring (bicyclic) bond motifs is 2. The minimum absolute atomic E-state index is 0.122. The van der Waals surface area contributed by atoms with Gasteiger partial charge in [0, 0.05) is 68.3 Å². The van der Waals surface area contributed by atoms with Gasteiger partial charge < -0.3 is 19.3 Å². The summed E-state index contributed by atoms with van der Waals surface area (Å²) in [6.07, 6.45) is 2.10. The molecule has 150 valence electrons. The zero-order chi connectivity index (χ0) is 19.6. The number of amides is 1. The standard InChI is InChI=1S/C23H32N4O/c1-15-18-13-21-19(17-6-5-7-20(22(17)18)26(15)4)12-16(14-25(21)3)23(28)27-10-8-24(2)9-11-27/h5-7,16,19,21H,8-14H2,1-4H3/t16?,19?,21-/m1/s1. The highest BCUT2D eigenvalue weighted by molar-refractivity contribution is 5.90. The summed E-state index contributed by atoms with van der Waals surface area (Å²) in [5.41, 5.74) is 5.73. The Morgan fingerprint density at radius 2 is 1.82 bits per heavy atom. The van der Waals surface area contributed by atoms with Crippen molar-refractivity contribution in [1.29, 1.82) is 0 Å². The Bertz CT molecular complexity index is 924. The van der Waals surface area contributed by atoms with Gasteiger partial charge in [0.2, 0.25) is 5.91 Å². The lowest BCUT2D eigenvalue weighted by Gasteiger charge is -2.46. The molecule has 0 radical (unpaired) electrons. The molecule has 1 aromatic carbocycles. The first-order chi connectivity index (χ1) is 13.5. The topological polar surface area (TPSA) is 31.7 Å². The summed E-state index contributed by atoms with van der Waals surface area (Å²) in [6.45, 7) is 6.88. The van der Waals surface area contributed by atoms with Crippen LogP contribution in [-0.4, -0.2) is 78.0 Å². The molecule has 2 aliphatic heterocycles. The van der Waals surface area contributed by atoms with Crippen LogP contribution in [0.3, 0.4) is 0 Å². The Morgan fingerprint density at radius 3 is 2.57 bits per heavy atom. The van der Waals surface area contributed by atoms with Crippen LogP contribution in [0, 0.1) is 12.8 Å². The fourth-order valence-electron chi connectivity index (χ4n) is 5.92. The van der Waals surface area contributed by atoms with Crippen LogP contribution in [0.4, 0.5) is 0 Å². The minimum atomic E-state index is 0.122. The first kappa shape index (κ1) is 18.2. The van der Waals surface area contributed by atoms with Gasteiger partial charge in [-0.15, -0.1) is 0 Å². The van der Waals surface area contributed by atoms with Crippen molar-refractivity contribution in [2.75, 3.05) is 46.8 Å². The molecule has 3 heterocycles. The van der Waals surface area contributed by atoms with Gasteiger partial charge in [0.1, 0.15) is 0 Å². The molecule has 2 saturated heterocycles. The summed E-state index contributed by atoms with van der Waals surface area (Å²) < 4.78 is 2.35. The van der Waals surface area contributed by atoms with E-state index in [0.717, 1.165) is 45.6 Å². The average molecular weight is 381 g/mol. The van der Waals surface area contributed by atoms with Crippen molar-refractivity contribution >= 4 is 16.8 Å². The van der Waals surface area contributed by atoms with E-state index in [0.29, 0.717) is 17.9 Å². The summed E-state index contributed by atoms with van der Waals surface area (Å²) in [5, 5.41) is 1.46. The molecule has 2 fully saturated rings. The number of benzene rings is 1. The number of nitrogens with zero attached hydrogens (tertiary/aromatic N) is 4. The van der Waals surface area contributed by atoms with Crippen LogP contribution in [0.15, 0.2) is 18.2 Å². The van der Waals surface area contributed by atoms with Crippen molar-refractivity contribution < 1.29 is 4.79 Å². The van der Waals surface area contributed by atoms with E-state index >= 15 is 0 Å². The number of aryl methyl sites for hydroxylation is 1. The third-order valence-electron chi connectivity index (χ3n) is 7.73. The number of carbonyl (C=O) groups excluding carboxylic acids is 1. The molecule has 0 saturated carbocycles. The highest BCUT2D eigenvalue weighted by Gasteiger charge is 2.43. The number of hydrogen-bond acceptors (Lipinski definition) is 3. The number of hydrogen-bond donors (Lipinski definition) is 0. The van der Waals surface area contributed by atoms with Crippen LogP contribution in [0.5, 0.6) is 0 Å². The molecule has 1 aliphatic carbocycles. The fraction of sp³-hybridized carbons (Fsp3) is 0.609. The van der Waals surface area contributed by atoms with Crippen molar-refractivity contribution in [3.05, 3.63) is 35.0 Å². The molecule has 1 aromatic heterocycles. The van der Waals surface area contributed by atoms with E-state index in [1.807, 2.05) is 0 Å². The third-order valence-corrected chi connectivity index (χ3v) is 7.73. The summed E-state index contributed by atoms with van der Waals surface area (Å²) in [7, 11) is 6.55. The van der Waals surface area contributed by atoms with Gasteiger partial charge >= 0.3 is 0 Å². The van der Waals surface area contributed by atoms with Crippen LogP contribution in [0.1, 0.15) is 29.2 Å². The average Bonchev–Trinajstić information content (AvgIpc) is 2.95. The molecule has 3 aliphatic rings. The molecule has 0 bridgehead atoms. The first-order valence-electron chi connectivity index (χ1n) is 10.7. The van der Waals surface area contributed by atoms with Crippen LogP contribution >= 0.6 is 0 Å². The Hall–Kier alpha value is -1.85. The van der Waals surface area contributed by atoms with Crippen molar-refractivity contribution in [2.24, 2.45) is 13.0 Å². The van der Waals surface area contributed by atoms with E-state index in [2.05, 4.69) is 65.5 Å². The quantitative estimate of drug-likeness (QED) is 0.760. The van der Waals surface area contributed by atoms with Gasteiger partial charge in [0.25, 0.3) is 0 Å². The van der Waals surface area contributed by atoms with Crippen LogP contribution in [0.25, 0.3) is 10.9 Å². The van der Waals surface area contributed by atoms with Crippen molar-refractivity contribution in [3.63, 3.8) is 0 Å². The number of rotatable bonds is 1. The lowest BCUT2D eigenvalue weighted by atomic mass is 9.72. The molecule has 0 N–H and O–H groups in total. The van der Waals surface area contributed by atoms with Gasteiger partial charge in [-0.2, -0.15) is 0 Å². The Kier molecular flexibility index (Phi) is 4.29. The molecule has 2 unspecified atom stereocenters. The van der Waals surface area contributed by atoms with Gasteiger partial charge in [0.15, 0.2) is 0 Å². The maximum Gasteiger partial charge on any atom is 0.227 e. The third kappa shape index (κ3) is 2.63. The Labute approximate surface area is 167 Å². The first-order valence-corrected chi connectivity index (χ1v) is 10.7. The molecule has 28 heavy (non-hydrogen) atoms. The van der Waals surface area contributed by atoms with E-state index in [1.54, 1.807) is 0 Å². The lowest BCUT2D eigenvalue weighted by molar-refractivity contribution is -0.139. The SMILES string of the molecule is Cc1c2c3c(cccc3n1C)C1CC(C(=O)N3CCN(C)CC3)CN(C)[C@@H]1C2. The number of carbonyl (C=O) groups is 1. The molecule has 3 atom stereocenters. The van der Waals surface area contributed by atoms with Gasteiger partial charge in [-0.3, -0.25) is 4.79 Å². The van der Waals surface area contributed by atoms with Crippen LogP contribution in [-0.2, 0) is 18.3 Å². The summed E-state index contributed by atoms with van der Waals surface area (Å²) in [5.74, 6) is 0.954. The number of piperazine rings is 1. The van der Waals surface area contributed by atoms with Gasteiger partial charge in [-0.25, -0.2) is 0 Å². The van der Waals surface area contributed by atoms with E-state index < -0.39 is 0 Å². The molecular weight excluding hydrogens is 348 g/mol. The monoisotopic (exact) mass is 380 g/mol. The molecular formula is C23H32N4O. The van der Waals surface area contributed by atoms with Crippen molar-refractivity contribution in [1.82, 2.24) is 19.3 Å². The summed E-state index contributed by atoms with van der Waals surface area (Å²) in [4.78, 5) is 20.2. The Balaban J connectivity index is 1.48. The number of likely N-dealkylation sites (tertiary alicyclic amines) is 1. The smallest absolute Gasteiger partial charge is 0.227 e. The minimum Gasteiger partial charge on any atom is -0.348 e. The predicted molar refractivity (Wildman–Crippen MR) is 113 cm³/mol. The van der Waals surface area contributed by atoms with E-state index in [9.17, 15) is 4.79 Å². The number of aromatic nitrogens is 1. The van der Waals surface area contributed by atoms with Gasteiger partial charge in [-0.05, 0) is 51.1 Å². The maximum absolute atomic E-state index is 13.3. The highest BCUT2D eigenvalue weighted by atomic mass is 16.2. The Morgan fingerprint density at radius 1 is 1.07 bits per heavy atom. The number of likely N-dealkylation sites (N-methyl/N-ethyl adjacent to an activating group) is 2. The van der Waals surface area contributed by atoms with Gasteiger partial charge in [-0.1, -0.05) is 12.1 Å². The van der Waals surface area contributed by atoms with E-state index in [4.69, 9.17) is 0 Å². The largest absolute Gasteiger partial charge is 0.348 e. The zero-order valence-electron chi connectivity index (χ0n) is 17.6. The summed E-state index contributed by atoms with van der Waals surface area (Å²) >= 11 is 0. The van der Waals surface area contributed by atoms with E-state index in [-0.39, 0.29) is 5.92 Å². The van der Waals surface area contributed by atoms with Gasteiger partial charge in [0.05, 0.1) is 5.92 Å². The molecule has 5 heteroatoms. The zero-order valence-corrected chi connectivity index (χ0v) is 17.6. The predicted octanol–water partition coefficient (Wildman–Crippen LogP) is 2.22. The van der Waals surface area contributed by atoms with Crippen LogP contribution < -0.4 is 0 Å². The van der Waals surface area contributed by atoms with E-state index in [1.165, 1.54) is 27.7 Å². The second-order valence-electron chi connectivity index (χ2n) is 9.24. The summed E-state index contributed by atoms with van der Waals surface area (Å²) in [6, 6.07) is 7.28. The van der Waals surface area contributed by atoms with Crippen LogP contribution in [0.2, 0.25) is 0 Å². The molecule has 5 nitrogen and oxygen atoms in total.